The van der Waals surface area contributed by atoms with Crippen LogP contribution in [-0.4, -0.2) is 12.5 Å². The second kappa shape index (κ2) is 7.81. The molecule has 5 rings (SSSR count). The second-order valence-electron chi connectivity index (χ2n) is 12.6. The highest BCUT2D eigenvalue weighted by molar-refractivity contribution is 5.32. The summed E-state index contributed by atoms with van der Waals surface area (Å²) in [6, 6.07) is 6.03. The van der Waals surface area contributed by atoms with Gasteiger partial charge in [0.1, 0.15) is 17.6 Å². The van der Waals surface area contributed by atoms with Gasteiger partial charge in [-0.1, -0.05) is 47.0 Å². The van der Waals surface area contributed by atoms with E-state index in [1.165, 1.54) is 69.9 Å². The molecule has 1 aromatic carbocycles. The Labute approximate surface area is 196 Å². The zero-order chi connectivity index (χ0) is 23.6. The van der Waals surface area contributed by atoms with Crippen molar-refractivity contribution in [2.45, 2.75) is 97.9 Å². The molecule has 0 heterocycles. The minimum atomic E-state index is -4.68. The van der Waals surface area contributed by atoms with Gasteiger partial charge in [0.05, 0.1) is 0 Å². The van der Waals surface area contributed by atoms with Gasteiger partial charge < -0.3 is 9.47 Å². The van der Waals surface area contributed by atoms with Crippen LogP contribution in [0.4, 0.5) is 13.2 Å². The summed E-state index contributed by atoms with van der Waals surface area (Å²) >= 11 is 0. The Morgan fingerprint density at radius 1 is 0.758 bits per heavy atom. The van der Waals surface area contributed by atoms with Crippen molar-refractivity contribution in [2.24, 2.45) is 39.9 Å². The highest BCUT2D eigenvalue weighted by atomic mass is 19.4. The van der Waals surface area contributed by atoms with Crippen molar-refractivity contribution < 1.29 is 22.6 Å². The van der Waals surface area contributed by atoms with Gasteiger partial charge in [-0.3, -0.25) is 0 Å². The van der Waals surface area contributed by atoms with Crippen molar-refractivity contribution in [1.29, 1.82) is 0 Å². The molecule has 1 aromatic rings. The van der Waals surface area contributed by atoms with E-state index in [9.17, 15) is 13.2 Å². The standard InChI is InChI=1S/C28H39F3O2/c1-25(2)23-20-9-7-15-26(20,3)17-14-21(23)27(4)16-6-5-8-22(27)24(25)32-18-10-12-19(13-11-18)33-28(29,30)31/h10-13,20-24H,5-9,14-17H2,1-4H3/t20-,21+,22?,23-,24?,26-,27+/m0/s1. The number of rotatable bonds is 3. The van der Waals surface area contributed by atoms with Crippen LogP contribution in [0.15, 0.2) is 24.3 Å². The normalized spacial score (nSPS) is 42.1. The number of benzene rings is 1. The summed E-state index contributed by atoms with van der Waals surface area (Å²) in [5, 5.41) is 0. The molecule has 2 unspecified atom stereocenters. The second-order valence-corrected chi connectivity index (χ2v) is 12.6. The van der Waals surface area contributed by atoms with E-state index in [2.05, 4.69) is 32.4 Å². The van der Waals surface area contributed by atoms with Crippen molar-refractivity contribution >= 4 is 0 Å². The third kappa shape index (κ3) is 3.86. The molecular formula is C28H39F3O2. The lowest BCUT2D eigenvalue weighted by Gasteiger charge is -2.67. The zero-order valence-electron chi connectivity index (χ0n) is 20.5. The molecule has 0 radical (unpaired) electrons. The Balaban J connectivity index is 1.48. The number of fused-ring (bicyclic) bond motifs is 5. The quantitative estimate of drug-likeness (QED) is 0.447. The number of hydrogen-bond donors (Lipinski definition) is 0. The van der Waals surface area contributed by atoms with Gasteiger partial charge in [-0.2, -0.15) is 0 Å². The minimum Gasteiger partial charge on any atom is -0.490 e. The predicted molar refractivity (Wildman–Crippen MR) is 123 cm³/mol. The third-order valence-electron chi connectivity index (χ3n) is 10.5. The van der Waals surface area contributed by atoms with Crippen molar-refractivity contribution in [3.8, 4) is 11.5 Å². The molecule has 2 nitrogen and oxygen atoms in total. The van der Waals surface area contributed by atoms with Crippen molar-refractivity contribution in [1.82, 2.24) is 0 Å². The van der Waals surface area contributed by atoms with Crippen LogP contribution in [0.1, 0.15) is 85.5 Å². The lowest BCUT2D eigenvalue weighted by Crippen LogP contribution is -2.65. The van der Waals surface area contributed by atoms with Gasteiger partial charge >= 0.3 is 6.36 Å². The minimum absolute atomic E-state index is 0.0179. The number of halogens is 3. The van der Waals surface area contributed by atoms with E-state index in [0.29, 0.717) is 23.0 Å². The number of alkyl halides is 3. The van der Waals surface area contributed by atoms with E-state index in [1.54, 1.807) is 12.1 Å². The van der Waals surface area contributed by atoms with Gasteiger partial charge in [0, 0.05) is 11.3 Å². The van der Waals surface area contributed by atoms with Crippen LogP contribution in [-0.2, 0) is 0 Å². The largest absolute Gasteiger partial charge is 0.573 e. The molecule has 0 aliphatic heterocycles. The Hall–Kier alpha value is -1.39. The number of hydrogen-bond acceptors (Lipinski definition) is 2. The lowest BCUT2D eigenvalue weighted by atomic mass is 9.39. The first-order valence-electron chi connectivity index (χ1n) is 13.0. The molecule has 0 bridgehead atoms. The molecule has 4 saturated carbocycles. The van der Waals surface area contributed by atoms with Crippen molar-refractivity contribution in [2.75, 3.05) is 0 Å². The molecule has 184 valence electrons. The van der Waals surface area contributed by atoms with E-state index < -0.39 is 6.36 Å². The van der Waals surface area contributed by atoms with E-state index in [-0.39, 0.29) is 22.7 Å². The summed E-state index contributed by atoms with van der Waals surface area (Å²) in [6.07, 6.45) is 7.12. The molecule has 0 aromatic heterocycles. The monoisotopic (exact) mass is 464 g/mol. The Bertz CT molecular complexity index is 863. The molecule has 4 aliphatic carbocycles. The molecule has 0 saturated heterocycles. The molecule has 0 spiro atoms. The van der Waals surface area contributed by atoms with Crippen LogP contribution >= 0.6 is 0 Å². The Morgan fingerprint density at radius 2 is 1.42 bits per heavy atom. The summed E-state index contributed by atoms with van der Waals surface area (Å²) in [4.78, 5) is 0. The smallest absolute Gasteiger partial charge is 0.490 e. The molecule has 0 amide bonds. The van der Waals surface area contributed by atoms with E-state index in [1.807, 2.05) is 0 Å². The van der Waals surface area contributed by atoms with Crippen LogP contribution in [0.5, 0.6) is 11.5 Å². The molecular weight excluding hydrogens is 425 g/mol. The maximum Gasteiger partial charge on any atom is 0.573 e. The van der Waals surface area contributed by atoms with Crippen molar-refractivity contribution in [3.05, 3.63) is 24.3 Å². The van der Waals surface area contributed by atoms with Gasteiger partial charge in [-0.15, -0.1) is 13.2 Å². The summed E-state index contributed by atoms with van der Waals surface area (Å²) in [5.41, 5.74) is 0.758. The van der Waals surface area contributed by atoms with Gasteiger partial charge in [0.2, 0.25) is 0 Å². The van der Waals surface area contributed by atoms with Crippen LogP contribution in [0, 0.1) is 39.9 Å². The SMILES string of the molecule is CC1(C)C(Oc2ccc(OC(F)(F)F)cc2)C2CCCC[C@]2(C)[C@@H]2CC[C@]3(C)CCC[C@H]3[C@@H]21. The highest BCUT2D eigenvalue weighted by Crippen LogP contribution is 2.70. The lowest BCUT2D eigenvalue weighted by molar-refractivity contribution is -0.274. The Kier molecular flexibility index (Phi) is 5.53. The Morgan fingerprint density at radius 3 is 2.12 bits per heavy atom. The van der Waals surface area contributed by atoms with Crippen LogP contribution in [0.2, 0.25) is 0 Å². The fourth-order valence-electron chi connectivity index (χ4n) is 9.06. The van der Waals surface area contributed by atoms with Gasteiger partial charge in [0.25, 0.3) is 0 Å². The fraction of sp³-hybridized carbons (Fsp3) is 0.786. The number of ether oxygens (including phenoxy) is 2. The maximum atomic E-state index is 12.6. The highest BCUT2D eigenvalue weighted by Gasteiger charge is 2.66. The molecule has 4 fully saturated rings. The summed E-state index contributed by atoms with van der Waals surface area (Å²) < 4.78 is 48.6. The average molecular weight is 465 g/mol. The van der Waals surface area contributed by atoms with Crippen LogP contribution in [0.25, 0.3) is 0 Å². The van der Waals surface area contributed by atoms with Crippen molar-refractivity contribution in [3.63, 3.8) is 0 Å². The summed E-state index contributed by atoms with van der Waals surface area (Å²) in [7, 11) is 0. The maximum absolute atomic E-state index is 12.6. The molecule has 5 heteroatoms. The van der Waals surface area contributed by atoms with E-state index in [4.69, 9.17) is 4.74 Å². The molecule has 33 heavy (non-hydrogen) atoms. The van der Waals surface area contributed by atoms with Crippen LogP contribution in [0.3, 0.4) is 0 Å². The molecule has 7 atom stereocenters. The van der Waals surface area contributed by atoms with E-state index in [0.717, 1.165) is 11.8 Å². The topological polar surface area (TPSA) is 18.5 Å². The average Bonchev–Trinajstić information content (AvgIpc) is 3.12. The fourth-order valence-corrected chi connectivity index (χ4v) is 9.06. The first kappa shape index (κ1) is 23.4. The molecule has 4 aliphatic rings. The van der Waals surface area contributed by atoms with Crippen LogP contribution < -0.4 is 9.47 Å². The van der Waals surface area contributed by atoms with Gasteiger partial charge in [-0.05, 0) is 91.4 Å². The zero-order valence-corrected chi connectivity index (χ0v) is 20.5. The van der Waals surface area contributed by atoms with Gasteiger partial charge in [0.15, 0.2) is 0 Å². The summed E-state index contributed by atoms with van der Waals surface area (Å²) in [6.45, 7) is 9.92. The summed E-state index contributed by atoms with van der Waals surface area (Å²) in [5.74, 6) is 3.07. The molecule has 0 N–H and O–H groups in total. The van der Waals surface area contributed by atoms with E-state index >= 15 is 0 Å². The third-order valence-corrected chi connectivity index (χ3v) is 10.5. The first-order valence-corrected chi connectivity index (χ1v) is 13.0. The van der Waals surface area contributed by atoms with Gasteiger partial charge in [-0.25, -0.2) is 0 Å². The first-order chi connectivity index (χ1) is 15.4. The predicted octanol–water partition coefficient (Wildman–Crippen LogP) is 8.40.